The van der Waals surface area contributed by atoms with E-state index in [0.29, 0.717) is 16.1 Å². The lowest BCUT2D eigenvalue weighted by Crippen LogP contribution is -2.12. The van der Waals surface area contributed by atoms with Crippen LogP contribution in [0.4, 0.5) is 5.00 Å². The SMILES string of the molecule is N#Cc1ccsc1NC(=O)c1cccc2ccccc12. The smallest absolute Gasteiger partial charge is 0.256 e. The number of benzene rings is 2. The van der Waals surface area contributed by atoms with Gasteiger partial charge in [-0.15, -0.1) is 11.3 Å². The van der Waals surface area contributed by atoms with E-state index in [2.05, 4.69) is 11.4 Å². The van der Waals surface area contributed by atoms with Gasteiger partial charge in [0.25, 0.3) is 5.91 Å². The zero-order valence-corrected chi connectivity index (χ0v) is 11.3. The fourth-order valence-electron chi connectivity index (χ4n) is 2.09. The van der Waals surface area contributed by atoms with Crippen molar-refractivity contribution in [3.63, 3.8) is 0 Å². The van der Waals surface area contributed by atoms with Gasteiger partial charge in [-0.3, -0.25) is 4.79 Å². The summed E-state index contributed by atoms with van der Waals surface area (Å²) < 4.78 is 0. The average Bonchev–Trinajstić information content (AvgIpc) is 2.93. The Kier molecular flexibility index (Phi) is 3.20. The van der Waals surface area contributed by atoms with Crippen LogP contribution in [0.25, 0.3) is 10.8 Å². The number of carbonyl (C=O) groups is 1. The third-order valence-corrected chi connectivity index (χ3v) is 3.88. The van der Waals surface area contributed by atoms with E-state index in [1.165, 1.54) is 11.3 Å². The minimum Gasteiger partial charge on any atom is -0.312 e. The Balaban J connectivity index is 2.00. The minimum atomic E-state index is -0.194. The van der Waals surface area contributed by atoms with Gasteiger partial charge in [0.1, 0.15) is 11.1 Å². The van der Waals surface area contributed by atoms with Crippen molar-refractivity contribution in [1.82, 2.24) is 0 Å². The quantitative estimate of drug-likeness (QED) is 0.769. The number of anilines is 1. The Bertz CT molecular complexity index is 824. The third-order valence-electron chi connectivity index (χ3n) is 3.05. The van der Waals surface area contributed by atoms with E-state index >= 15 is 0 Å². The van der Waals surface area contributed by atoms with Crippen molar-refractivity contribution in [1.29, 1.82) is 5.26 Å². The highest BCUT2D eigenvalue weighted by Gasteiger charge is 2.12. The maximum Gasteiger partial charge on any atom is 0.256 e. The molecule has 3 aromatic rings. The molecule has 2 aromatic carbocycles. The lowest BCUT2D eigenvalue weighted by Gasteiger charge is -2.07. The molecule has 0 spiro atoms. The summed E-state index contributed by atoms with van der Waals surface area (Å²) in [6.07, 6.45) is 0. The van der Waals surface area contributed by atoms with Gasteiger partial charge < -0.3 is 5.32 Å². The van der Waals surface area contributed by atoms with Crippen molar-refractivity contribution < 1.29 is 4.79 Å². The molecule has 1 amide bonds. The van der Waals surface area contributed by atoms with Gasteiger partial charge in [0, 0.05) is 5.56 Å². The number of nitriles is 1. The Hall–Kier alpha value is -2.64. The molecule has 0 aliphatic heterocycles. The van der Waals surface area contributed by atoms with Gasteiger partial charge in [0.05, 0.1) is 5.56 Å². The zero-order chi connectivity index (χ0) is 13.9. The van der Waals surface area contributed by atoms with Crippen LogP contribution in [0.1, 0.15) is 15.9 Å². The maximum absolute atomic E-state index is 12.4. The van der Waals surface area contributed by atoms with Crippen LogP contribution in [0.3, 0.4) is 0 Å². The van der Waals surface area contributed by atoms with Crippen LogP contribution in [-0.2, 0) is 0 Å². The molecule has 0 aliphatic rings. The first-order valence-electron chi connectivity index (χ1n) is 6.06. The summed E-state index contributed by atoms with van der Waals surface area (Å²) in [5, 5.41) is 16.1. The number of nitrogens with one attached hydrogen (secondary N) is 1. The second-order valence-corrected chi connectivity index (χ2v) is 5.17. The van der Waals surface area contributed by atoms with Crippen molar-refractivity contribution in [2.45, 2.75) is 0 Å². The molecule has 0 unspecified atom stereocenters. The van der Waals surface area contributed by atoms with Gasteiger partial charge in [0.2, 0.25) is 0 Å². The minimum absolute atomic E-state index is 0.194. The lowest BCUT2D eigenvalue weighted by atomic mass is 10.0. The zero-order valence-electron chi connectivity index (χ0n) is 10.5. The lowest BCUT2D eigenvalue weighted by molar-refractivity contribution is 0.102. The summed E-state index contributed by atoms with van der Waals surface area (Å²) >= 11 is 1.35. The first-order chi connectivity index (χ1) is 9.79. The van der Waals surface area contributed by atoms with Gasteiger partial charge >= 0.3 is 0 Å². The van der Waals surface area contributed by atoms with Gasteiger partial charge in [-0.2, -0.15) is 5.26 Å². The number of amides is 1. The molecule has 1 heterocycles. The highest BCUT2D eigenvalue weighted by Crippen LogP contribution is 2.24. The molecule has 0 saturated carbocycles. The second-order valence-electron chi connectivity index (χ2n) is 4.26. The summed E-state index contributed by atoms with van der Waals surface area (Å²) in [4.78, 5) is 12.4. The normalized spacial score (nSPS) is 10.2. The van der Waals surface area contributed by atoms with E-state index < -0.39 is 0 Å². The molecule has 0 atom stereocenters. The molecule has 1 N–H and O–H groups in total. The molecular weight excluding hydrogens is 268 g/mol. The van der Waals surface area contributed by atoms with Crippen LogP contribution in [-0.4, -0.2) is 5.91 Å². The van der Waals surface area contributed by atoms with Crippen LogP contribution >= 0.6 is 11.3 Å². The van der Waals surface area contributed by atoms with Crippen LogP contribution in [0.2, 0.25) is 0 Å². The number of hydrogen-bond donors (Lipinski definition) is 1. The van der Waals surface area contributed by atoms with Crippen LogP contribution in [0.15, 0.2) is 53.9 Å². The Morgan fingerprint density at radius 1 is 1.10 bits per heavy atom. The molecule has 1 aromatic heterocycles. The number of hydrogen-bond acceptors (Lipinski definition) is 3. The Morgan fingerprint density at radius 2 is 1.90 bits per heavy atom. The summed E-state index contributed by atoms with van der Waals surface area (Å²) in [6.45, 7) is 0. The van der Waals surface area contributed by atoms with Crippen LogP contribution < -0.4 is 5.32 Å². The molecular formula is C16H10N2OS. The fourth-order valence-corrected chi connectivity index (χ4v) is 2.82. The Morgan fingerprint density at radius 3 is 2.75 bits per heavy atom. The number of fused-ring (bicyclic) bond motifs is 1. The van der Waals surface area contributed by atoms with E-state index in [9.17, 15) is 4.79 Å². The molecule has 0 saturated heterocycles. The molecule has 0 bridgehead atoms. The van der Waals surface area contributed by atoms with Crippen LogP contribution in [0.5, 0.6) is 0 Å². The predicted molar refractivity (Wildman–Crippen MR) is 80.9 cm³/mol. The average molecular weight is 278 g/mol. The molecule has 4 heteroatoms. The van der Waals surface area contributed by atoms with Crippen molar-refractivity contribution in [3.05, 3.63) is 65.0 Å². The maximum atomic E-state index is 12.4. The first kappa shape index (κ1) is 12.4. The van der Waals surface area contributed by atoms with Crippen molar-refractivity contribution in [3.8, 4) is 6.07 Å². The topological polar surface area (TPSA) is 52.9 Å². The van der Waals surface area contributed by atoms with Crippen molar-refractivity contribution in [2.24, 2.45) is 0 Å². The molecule has 0 aliphatic carbocycles. The van der Waals surface area contributed by atoms with Crippen molar-refractivity contribution in [2.75, 3.05) is 5.32 Å². The first-order valence-corrected chi connectivity index (χ1v) is 6.94. The largest absolute Gasteiger partial charge is 0.312 e. The van der Waals surface area contributed by atoms with E-state index in [4.69, 9.17) is 5.26 Å². The van der Waals surface area contributed by atoms with Gasteiger partial charge in [-0.05, 0) is 28.3 Å². The van der Waals surface area contributed by atoms with Crippen molar-refractivity contribution >= 4 is 33.0 Å². The summed E-state index contributed by atoms with van der Waals surface area (Å²) in [5.41, 5.74) is 1.10. The molecule has 96 valence electrons. The summed E-state index contributed by atoms with van der Waals surface area (Å²) in [6, 6.07) is 17.1. The third kappa shape index (κ3) is 2.15. The van der Waals surface area contributed by atoms with Gasteiger partial charge in [-0.1, -0.05) is 36.4 Å². The van der Waals surface area contributed by atoms with Crippen LogP contribution in [0, 0.1) is 11.3 Å². The van der Waals surface area contributed by atoms with Gasteiger partial charge in [0.15, 0.2) is 0 Å². The number of carbonyl (C=O) groups excluding carboxylic acids is 1. The standard InChI is InChI=1S/C16H10N2OS/c17-10-12-8-9-20-16(12)18-15(19)14-7-3-5-11-4-1-2-6-13(11)14/h1-9H,(H,18,19). The fraction of sp³-hybridized carbons (Fsp3) is 0. The molecule has 0 fully saturated rings. The molecule has 3 rings (SSSR count). The summed E-state index contributed by atoms with van der Waals surface area (Å²) in [5.74, 6) is -0.194. The highest BCUT2D eigenvalue weighted by atomic mass is 32.1. The monoisotopic (exact) mass is 278 g/mol. The van der Waals surface area contributed by atoms with E-state index in [-0.39, 0.29) is 5.91 Å². The number of thiophene rings is 1. The van der Waals surface area contributed by atoms with E-state index in [1.54, 1.807) is 17.5 Å². The number of rotatable bonds is 2. The predicted octanol–water partition coefficient (Wildman–Crippen LogP) is 4.03. The summed E-state index contributed by atoms with van der Waals surface area (Å²) in [7, 11) is 0. The molecule has 0 radical (unpaired) electrons. The molecule has 20 heavy (non-hydrogen) atoms. The highest BCUT2D eigenvalue weighted by molar-refractivity contribution is 7.14. The second kappa shape index (κ2) is 5.16. The number of nitrogens with zero attached hydrogens (tertiary/aromatic N) is 1. The van der Waals surface area contributed by atoms with E-state index in [1.807, 2.05) is 36.4 Å². The van der Waals surface area contributed by atoms with E-state index in [0.717, 1.165) is 10.8 Å². The Labute approximate surface area is 120 Å². The molecule has 3 nitrogen and oxygen atoms in total. The van der Waals surface area contributed by atoms with Gasteiger partial charge in [-0.25, -0.2) is 0 Å².